The van der Waals surface area contributed by atoms with Crippen LogP contribution < -0.4 is 4.90 Å². The van der Waals surface area contributed by atoms with Crippen LogP contribution in [-0.4, -0.2) is 10.9 Å². The first-order chi connectivity index (χ1) is 8.66. The maximum absolute atomic E-state index is 11.7. The van der Waals surface area contributed by atoms with Crippen LogP contribution in [0.4, 0.5) is 5.82 Å². The first-order valence-corrected chi connectivity index (χ1v) is 5.92. The lowest BCUT2D eigenvalue weighted by atomic mass is 10.2. The van der Waals surface area contributed by atoms with Gasteiger partial charge in [0.25, 0.3) is 0 Å². The number of rotatable bonds is 3. The average molecular weight is 240 g/mol. The molecule has 2 aromatic rings. The Hall–Kier alpha value is -2.16. The van der Waals surface area contributed by atoms with E-state index in [0.29, 0.717) is 12.4 Å². The zero-order valence-corrected chi connectivity index (χ0v) is 10.6. The van der Waals surface area contributed by atoms with Crippen LogP contribution >= 0.6 is 0 Å². The molecular weight excluding hydrogens is 224 g/mol. The summed E-state index contributed by atoms with van der Waals surface area (Å²) < 4.78 is 0. The summed E-state index contributed by atoms with van der Waals surface area (Å²) in [7, 11) is 0. The van der Waals surface area contributed by atoms with Crippen molar-refractivity contribution in [1.29, 1.82) is 0 Å². The molecule has 3 nitrogen and oxygen atoms in total. The monoisotopic (exact) mass is 240 g/mol. The van der Waals surface area contributed by atoms with Crippen molar-refractivity contribution >= 4 is 11.7 Å². The highest BCUT2D eigenvalue weighted by molar-refractivity contribution is 5.90. The molecule has 0 spiro atoms. The van der Waals surface area contributed by atoms with E-state index in [1.54, 1.807) is 11.8 Å². The molecule has 0 aliphatic carbocycles. The van der Waals surface area contributed by atoms with Crippen molar-refractivity contribution in [3.63, 3.8) is 0 Å². The molecule has 0 saturated heterocycles. The van der Waals surface area contributed by atoms with Gasteiger partial charge in [-0.3, -0.25) is 9.69 Å². The number of aromatic nitrogens is 1. The minimum absolute atomic E-state index is 0.00282. The molecule has 0 unspecified atom stereocenters. The van der Waals surface area contributed by atoms with Crippen LogP contribution in [-0.2, 0) is 11.3 Å². The number of nitrogens with zero attached hydrogens (tertiary/aromatic N) is 2. The van der Waals surface area contributed by atoms with Crippen LogP contribution in [0.25, 0.3) is 0 Å². The average Bonchev–Trinajstić information content (AvgIpc) is 2.37. The lowest BCUT2D eigenvalue weighted by Gasteiger charge is -2.20. The largest absolute Gasteiger partial charge is 0.293 e. The van der Waals surface area contributed by atoms with Crippen molar-refractivity contribution in [3.8, 4) is 0 Å². The number of carbonyl (C=O) groups is 1. The second-order valence-corrected chi connectivity index (χ2v) is 4.23. The number of aryl methyl sites for hydroxylation is 1. The number of hydrogen-bond acceptors (Lipinski definition) is 2. The summed E-state index contributed by atoms with van der Waals surface area (Å²) in [6.07, 6.45) is 0. The molecule has 1 heterocycles. The van der Waals surface area contributed by atoms with Gasteiger partial charge in [-0.2, -0.15) is 0 Å². The van der Waals surface area contributed by atoms with Crippen LogP contribution in [0, 0.1) is 6.92 Å². The summed E-state index contributed by atoms with van der Waals surface area (Å²) >= 11 is 0. The van der Waals surface area contributed by atoms with E-state index in [1.807, 2.05) is 55.5 Å². The lowest BCUT2D eigenvalue weighted by Crippen LogP contribution is -2.28. The summed E-state index contributed by atoms with van der Waals surface area (Å²) in [5.74, 6) is 0.698. The molecule has 92 valence electrons. The van der Waals surface area contributed by atoms with Crippen molar-refractivity contribution in [1.82, 2.24) is 4.98 Å². The second-order valence-electron chi connectivity index (χ2n) is 4.23. The van der Waals surface area contributed by atoms with Crippen molar-refractivity contribution in [2.24, 2.45) is 0 Å². The van der Waals surface area contributed by atoms with E-state index in [9.17, 15) is 4.79 Å². The topological polar surface area (TPSA) is 33.2 Å². The summed E-state index contributed by atoms with van der Waals surface area (Å²) in [4.78, 5) is 17.8. The van der Waals surface area contributed by atoms with Gasteiger partial charge < -0.3 is 0 Å². The Morgan fingerprint density at radius 1 is 1.11 bits per heavy atom. The van der Waals surface area contributed by atoms with E-state index in [4.69, 9.17) is 0 Å². The second kappa shape index (κ2) is 5.45. The Bertz CT molecular complexity index is 537. The van der Waals surface area contributed by atoms with Crippen LogP contribution in [0.5, 0.6) is 0 Å². The number of anilines is 1. The quantitative estimate of drug-likeness (QED) is 0.826. The molecule has 1 aromatic heterocycles. The molecule has 2 rings (SSSR count). The number of hydrogen-bond donors (Lipinski definition) is 0. The van der Waals surface area contributed by atoms with Gasteiger partial charge in [-0.25, -0.2) is 4.98 Å². The minimum atomic E-state index is -0.00282. The molecule has 0 aliphatic rings. The summed E-state index contributed by atoms with van der Waals surface area (Å²) in [5.41, 5.74) is 2.00. The third-order valence-electron chi connectivity index (χ3n) is 2.71. The maximum atomic E-state index is 11.7. The van der Waals surface area contributed by atoms with Crippen molar-refractivity contribution in [2.75, 3.05) is 4.90 Å². The van der Waals surface area contributed by atoms with Gasteiger partial charge in [0.15, 0.2) is 0 Å². The van der Waals surface area contributed by atoms with E-state index in [-0.39, 0.29) is 5.91 Å². The van der Waals surface area contributed by atoms with Gasteiger partial charge >= 0.3 is 0 Å². The highest BCUT2D eigenvalue weighted by atomic mass is 16.2. The van der Waals surface area contributed by atoms with E-state index < -0.39 is 0 Å². The molecular formula is C15H16N2O. The normalized spacial score (nSPS) is 10.1. The zero-order valence-electron chi connectivity index (χ0n) is 10.6. The highest BCUT2D eigenvalue weighted by Crippen LogP contribution is 2.15. The Kier molecular flexibility index (Phi) is 3.72. The minimum Gasteiger partial charge on any atom is -0.293 e. The molecule has 1 aromatic carbocycles. The predicted octanol–water partition coefficient (Wildman–Crippen LogP) is 2.94. The summed E-state index contributed by atoms with van der Waals surface area (Å²) in [5, 5.41) is 0. The van der Waals surface area contributed by atoms with Gasteiger partial charge in [0.05, 0.1) is 6.54 Å². The first kappa shape index (κ1) is 12.3. The van der Waals surface area contributed by atoms with E-state index in [1.165, 1.54) is 0 Å². The predicted molar refractivity (Wildman–Crippen MR) is 72.3 cm³/mol. The summed E-state index contributed by atoms with van der Waals surface area (Å²) in [6.45, 7) is 4.03. The van der Waals surface area contributed by atoms with Crippen LogP contribution in [0.15, 0.2) is 48.5 Å². The maximum Gasteiger partial charge on any atom is 0.225 e. The Morgan fingerprint density at radius 2 is 1.83 bits per heavy atom. The Labute approximate surface area is 107 Å². The molecule has 18 heavy (non-hydrogen) atoms. The Balaban J connectivity index is 2.27. The highest BCUT2D eigenvalue weighted by Gasteiger charge is 2.13. The van der Waals surface area contributed by atoms with Crippen LogP contribution in [0.1, 0.15) is 18.2 Å². The van der Waals surface area contributed by atoms with Gasteiger partial charge in [0.1, 0.15) is 5.82 Å². The van der Waals surface area contributed by atoms with Crippen molar-refractivity contribution in [3.05, 3.63) is 59.8 Å². The molecule has 0 radical (unpaired) electrons. The van der Waals surface area contributed by atoms with Gasteiger partial charge in [0, 0.05) is 12.6 Å². The fraction of sp³-hybridized carbons (Fsp3) is 0.200. The zero-order chi connectivity index (χ0) is 13.0. The molecule has 0 bridgehead atoms. The smallest absolute Gasteiger partial charge is 0.225 e. The van der Waals surface area contributed by atoms with Gasteiger partial charge in [0.2, 0.25) is 5.91 Å². The molecule has 0 aliphatic heterocycles. The third kappa shape index (κ3) is 2.94. The molecule has 0 N–H and O–H groups in total. The summed E-state index contributed by atoms with van der Waals surface area (Å²) in [6, 6.07) is 15.6. The van der Waals surface area contributed by atoms with Gasteiger partial charge in [-0.1, -0.05) is 36.4 Å². The molecule has 1 amide bonds. The lowest BCUT2D eigenvalue weighted by molar-refractivity contribution is -0.116. The van der Waals surface area contributed by atoms with Gasteiger partial charge in [-0.05, 0) is 24.6 Å². The van der Waals surface area contributed by atoms with Crippen LogP contribution in [0.3, 0.4) is 0 Å². The standard InChI is InChI=1S/C15H16N2O/c1-12-7-6-10-15(16-12)17(13(2)18)11-14-8-4-3-5-9-14/h3-10H,11H2,1-2H3. The molecule has 0 fully saturated rings. The van der Waals surface area contributed by atoms with Gasteiger partial charge in [-0.15, -0.1) is 0 Å². The fourth-order valence-corrected chi connectivity index (χ4v) is 1.80. The van der Waals surface area contributed by atoms with Crippen molar-refractivity contribution < 1.29 is 4.79 Å². The molecule has 0 saturated carbocycles. The van der Waals surface area contributed by atoms with E-state index in [0.717, 1.165) is 11.3 Å². The van der Waals surface area contributed by atoms with E-state index >= 15 is 0 Å². The van der Waals surface area contributed by atoms with Crippen LogP contribution in [0.2, 0.25) is 0 Å². The number of benzene rings is 1. The Morgan fingerprint density at radius 3 is 2.44 bits per heavy atom. The number of carbonyl (C=O) groups excluding carboxylic acids is 1. The SMILES string of the molecule is CC(=O)N(Cc1ccccc1)c1cccc(C)n1. The van der Waals surface area contributed by atoms with E-state index in [2.05, 4.69) is 4.98 Å². The number of pyridine rings is 1. The number of amides is 1. The molecule has 3 heteroatoms. The van der Waals surface area contributed by atoms with Crippen molar-refractivity contribution in [2.45, 2.75) is 20.4 Å². The first-order valence-electron chi connectivity index (χ1n) is 5.92. The third-order valence-corrected chi connectivity index (χ3v) is 2.71. The fourth-order valence-electron chi connectivity index (χ4n) is 1.80. The molecule has 0 atom stereocenters.